The Balaban J connectivity index is 1.39. The summed E-state index contributed by atoms with van der Waals surface area (Å²) in [5.41, 5.74) is 0.866. The first kappa shape index (κ1) is 18.6. The van der Waals surface area contributed by atoms with E-state index in [4.69, 9.17) is 0 Å². The Morgan fingerprint density at radius 3 is 2.79 bits per heavy atom. The van der Waals surface area contributed by atoms with Gasteiger partial charge in [-0.05, 0) is 32.1 Å². The molecule has 1 N–H and O–H groups in total. The molecule has 0 saturated heterocycles. The van der Waals surface area contributed by atoms with Crippen LogP contribution in [0.1, 0.15) is 54.8 Å². The summed E-state index contributed by atoms with van der Waals surface area (Å²) in [4.78, 5) is 31.1. The van der Waals surface area contributed by atoms with Crippen molar-refractivity contribution in [2.24, 2.45) is 5.92 Å². The van der Waals surface area contributed by atoms with Crippen LogP contribution in [-0.4, -0.2) is 49.4 Å². The molecule has 1 unspecified atom stereocenters. The summed E-state index contributed by atoms with van der Waals surface area (Å²) in [6.45, 7) is 3.26. The minimum Gasteiger partial charge on any atom is -0.337 e. The number of rotatable bonds is 4. The molecule has 0 bridgehead atoms. The summed E-state index contributed by atoms with van der Waals surface area (Å²) in [6.07, 6.45) is 8.35. The van der Waals surface area contributed by atoms with Gasteiger partial charge in [0.25, 0.3) is 11.8 Å². The maximum atomic E-state index is 12.8. The van der Waals surface area contributed by atoms with Crippen LogP contribution in [0, 0.1) is 12.8 Å². The summed E-state index contributed by atoms with van der Waals surface area (Å²) < 4.78 is 3.56. The van der Waals surface area contributed by atoms with E-state index < -0.39 is 11.9 Å². The fraction of sp³-hybridized carbons (Fsp3) is 0.632. The Morgan fingerprint density at radius 2 is 2.00 bits per heavy atom. The van der Waals surface area contributed by atoms with Gasteiger partial charge in [-0.2, -0.15) is 5.10 Å². The SMILES string of the molecule is Cc1cc2n(n1)CCC(NC(=O)c1ncn(CC3CCCCC3)n1)C(=O)N2C. The summed E-state index contributed by atoms with van der Waals surface area (Å²) in [6, 6.07) is 1.25. The number of amides is 2. The van der Waals surface area contributed by atoms with Gasteiger partial charge in [0.2, 0.25) is 5.82 Å². The Morgan fingerprint density at radius 1 is 1.21 bits per heavy atom. The zero-order valence-electron chi connectivity index (χ0n) is 16.5. The average molecular weight is 385 g/mol. The van der Waals surface area contributed by atoms with E-state index in [2.05, 4.69) is 20.5 Å². The molecule has 2 aliphatic rings. The molecule has 1 saturated carbocycles. The molecule has 2 aromatic rings. The predicted octanol–water partition coefficient (Wildman–Crippen LogP) is 1.53. The first-order valence-corrected chi connectivity index (χ1v) is 10.0. The van der Waals surface area contributed by atoms with Crippen LogP contribution in [0.4, 0.5) is 5.82 Å². The van der Waals surface area contributed by atoms with Gasteiger partial charge in [-0.1, -0.05) is 19.3 Å². The lowest BCUT2D eigenvalue weighted by Crippen LogP contribution is -2.47. The van der Waals surface area contributed by atoms with E-state index in [0.29, 0.717) is 18.9 Å². The van der Waals surface area contributed by atoms with Gasteiger partial charge >= 0.3 is 0 Å². The number of nitrogens with one attached hydrogen (secondary N) is 1. The standard InChI is InChI=1S/C19H27N7O2/c1-13-10-16-24(2)19(28)15(8-9-26(16)22-13)21-18(27)17-20-12-25(23-17)11-14-6-4-3-5-7-14/h10,12,14-15H,3-9,11H2,1-2H3,(H,21,27). The van der Waals surface area contributed by atoms with Gasteiger partial charge in [0.1, 0.15) is 18.2 Å². The van der Waals surface area contributed by atoms with Crippen molar-refractivity contribution in [3.63, 3.8) is 0 Å². The molecular formula is C19H27N7O2. The average Bonchev–Trinajstić information content (AvgIpc) is 3.28. The molecule has 3 heterocycles. The third-order valence-electron chi connectivity index (χ3n) is 5.70. The van der Waals surface area contributed by atoms with Crippen molar-refractivity contribution >= 4 is 17.6 Å². The van der Waals surface area contributed by atoms with E-state index in [1.165, 1.54) is 32.1 Å². The first-order chi connectivity index (χ1) is 13.5. The number of likely N-dealkylation sites (N-methyl/N-ethyl adjacent to an activating group) is 1. The fourth-order valence-electron chi connectivity index (χ4n) is 4.17. The molecule has 0 aromatic carbocycles. The number of aromatic nitrogens is 5. The number of hydrogen-bond acceptors (Lipinski definition) is 5. The molecule has 1 atom stereocenters. The lowest BCUT2D eigenvalue weighted by Gasteiger charge is -2.21. The number of carbonyl (C=O) groups is 2. The predicted molar refractivity (Wildman–Crippen MR) is 103 cm³/mol. The van der Waals surface area contributed by atoms with Crippen molar-refractivity contribution in [2.45, 2.75) is 64.6 Å². The number of hydrogen-bond donors (Lipinski definition) is 1. The van der Waals surface area contributed by atoms with Crippen molar-refractivity contribution in [3.05, 3.63) is 23.9 Å². The third kappa shape index (κ3) is 3.79. The molecule has 1 fully saturated rings. The van der Waals surface area contributed by atoms with E-state index in [0.717, 1.165) is 18.1 Å². The molecule has 0 spiro atoms. The molecule has 0 radical (unpaired) electrons. The van der Waals surface area contributed by atoms with Crippen molar-refractivity contribution in [3.8, 4) is 0 Å². The van der Waals surface area contributed by atoms with Crippen molar-refractivity contribution in [2.75, 3.05) is 11.9 Å². The van der Waals surface area contributed by atoms with Gasteiger partial charge in [0, 0.05) is 26.2 Å². The van der Waals surface area contributed by atoms with Gasteiger partial charge in [-0.25, -0.2) is 9.67 Å². The van der Waals surface area contributed by atoms with Gasteiger partial charge < -0.3 is 5.32 Å². The first-order valence-electron chi connectivity index (χ1n) is 10.0. The van der Waals surface area contributed by atoms with Gasteiger partial charge in [-0.3, -0.25) is 19.2 Å². The molecule has 4 rings (SSSR count). The maximum absolute atomic E-state index is 12.8. The summed E-state index contributed by atoms with van der Waals surface area (Å²) in [5.74, 6) is 0.894. The lowest BCUT2D eigenvalue weighted by molar-refractivity contribution is -0.120. The van der Waals surface area contributed by atoms with E-state index in [1.807, 2.05) is 13.0 Å². The van der Waals surface area contributed by atoms with E-state index >= 15 is 0 Å². The maximum Gasteiger partial charge on any atom is 0.291 e. The normalized spacial score (nSPS) is 20.7. The topological polar surface area (TPSA) is 97.9 Å². The van der Waals surface area contributed by atoms with Crippen LogP contribution in [0.3, 0.4) is 0 Å². The zero-order chi connectivity index (χ0) is 19.7. The van der Waals surface area contributed by atoms with Crippen LogP contribution in [0.25, 0.3) is 0 Å². The quantitative estimate of drug-likeness (QED) is 0.861. The van der Waals surface area contributed by atoms with Crippen LogP contribution in [0.15, 0.2) is 12.4 Å². The van der Waals surface area contributed by atoms with Gasteiger partial charge in [0.15, 0.2) is 0 Å². The highest BCUT2D eigenvalue weighted by molar-refractivity contribution is 6.00. The lowest BCUT2D eigenvalue weighted by atomic mass is 9.89. The van der Waals surface area contributed by atoms with Crippen molar-refractivity contribution in [1.82, 2.24) is 29.9 Å². The highest BCUT2D eigenvalue weighted by Gasteiger charge is 2.31. The molecular weight excluding hydrogens is 358 g/mol. The number of carbonyl (C=O) groups excluding carboxylic acids is 2. The molecule has 2 aromatic heterocycles. The molecule has 9 heteroatoms. The highest BCUT2D eigenvalue weighted by atomic mass is 16.2. The second-order valence-corrected chi connectivity index (χ2v) is 7.87. The summed E-state index contributed by atoms with van der Waals surface area (Å²) in [7, 11) is 1.71. The Labute approximate surface area is 164 Å². The van der Waals surface area contributed by atoms with Crippen LogP contribution < -0.4 is 10.2 Å². The molecule has 1 aliphatic heterocycles. The van der Waals surface area contributed by atoms with Crippen LogP contribution in [0.5, 0.6) is 0 Å². The van der Waals surface area contributed by atoms with Gasteiger partial charge in [-0.15, -0.1) is 5.10 Å². The molecule has 28 heavy (non-hydrogen) atoms. The van der Waals surface area contributed by atoms with E-state index in [9.17, 15) is 9.59 Å². The second-order valence-electron chi connectivity index (χ2n) is 7.87. The largest absolute Gasteiger partial charge is 0.337 e. The molecule has 9 nitrogen and oxygen atoms in total. The molecule has 150 valence electrons. The van der Waals surface area contributed by atoms with Crippen molar-refractivity contribution in [1.29, 1.82) is 0 Å². The monoisotopic (exact) mass is 385 g/mol. The number of aryl methyl sites for hydroxylation is 2. The van der Waals surface area contributed by atoms with Crippen molar-refractivity contribution < 1.29 is 9.59 Å². The smallest absolute Gasteiger partial charge is 0.291 e. The minimum absolute atomic E-state index is 0.115. The van der Waals surface area contributed by atoms with Crippen LogP contribution in [0.2, 0.25) is 0 Å². The highest BCUT2D eigenvalue weighted by Crippen LogP contribution is 2.24. The number of nitrogens with zero attached hydrogens (tertiary/aromatic N) is 6. The Kier molecular flexibility index (Phi) is 5.15. The Hall–Kier alpha value is -2.71. The third-order valence-corrected chi connectivity index (χ3v) is 5.70. The fourth-order valence-corrected chi connectivity index (χ4v) is 4.17. The number of anilines is 1. The van der Waals surface area contributed by atoms with E-state index in [-0.39, 0.29) is 11.7 Å². The molecule has 2 amide bonds. The zero-order valence-corrected chi connectivity index (χ0v) is 16.5. The minimum atomic E-state index is -0.621. The van der Waals surface area contributed by atoms with Gasteiger partial charge in [0.05, 0.1) is 5.69 Å². The Bertz CT molecular complexity index is 866. The number of fused-ring (bicyclic) bond motifs is 1. The molecule has 1 aliphatic carbocycles. The second kappa shape index (κ2) is 7.73. The van der Waals surface area contributed by atoms with E-state index in [1.54, 1.807) is 27.6 Å². The van der Waals surface area contributed by atoms with Crippen LogP contribution >= 0.6 is 0 Å². The van der Waals surface area contributed by atoms with Crippen LogP contribution in [-0.2, 0) is 17.9 Å². The summed E-state index contributed by atoms with van der Waals surface area (Å²) in [5, 5.41) is 11.5. The summed E-state index contributed by atoms with van der Waals surface area (Å²) >= 11 is 0.